The molecule has 1 amide bonds. The largest absolute Gasteiger partial charge is 0.496 e. The summed E-state index contributed by atoms with van der Waals surface area (Å²) < 4.78 is 5.21. The third kappa shape index (κ3) is 4.17. The fraction of sp³-hybridized carbons (Fsp3) is 0.533. The molecule has 0 saturated heterocycles. The highest BCUT2D eigenvalue weighted by atomic mass is 35.5. The second-order valence-electron chi connectivity index (χ2n) is 5.38. The lowest BCUT2D eigenvalue weighted by atomic mass is 9.99. The molecule has 6 heteroatoms. The highest BCUT2D eigenvalue weighted by molar-refractivity contribution is 6.33. The number of nitrogens with two attached hydrogens (primary N) is 1. The molecule has 0 aliphatic heterocycles. The first-order valence-corrected chi connectivity index (χ1v) is 7.34. The molecule has 21 heavy (non-hydrogen) atoms. The van der Waals surface area contributed by atoms with E-state index in [1.165, 1.54) is 32.8 Å². The Labute approximate surface area is 136 Å². The summed E-state index contributed by atoms with van der Waals surface area (Å²) in [6.45, 7) is 2.05. The maximum atomic E-state index is 12.4. The number of nitrogen functional groups attached to an aromatic ring is 1. The molecule has 1 aromatic rings. The molecule has 1 atom stereocenters. The monoisotopic (exact) mass is 332 g/mol. The molecule has 3 N–H and O–H groups in total. The van der Waals surface area contributed by atoms with Gasteiger partial charge in [0, 0.05) is 12.1 Å². The first kappa shape index (κ1) is 17.9. The van der Waals surface area contributed by atoms with Crippen LogP contribution in [0, 0.1) is 5.92 Å². The van der Waals surface area contributed by atoms with Gasteiger partial charge in [-0.25, -0.2) is 0 Å². The molecule has 0 aromatic heterocycles. The van der Waals surface area contributed by atoms with Crippen molar-refractivity contribution in [1.29, 1.82) is 0 Å². The Balaban J connectivity index is 0.00000220. The van der Waals surface area contributed by atoms with Crippen molar-refractivity contribution in [3.05, 3.63) is 22.7 Å². The fourth-order valence-electron chi connectivity index (χ4n) is 2.78. The van der Waals surface area contributed by atoms with E-state index in [1.54, 1.807) is 12.1 Å². The van der Waals surface area contributed by atoms with Crippen LogP contribution in [0.2, 0.25) is 5.02 Å². The van der Waals surface area contributed by atoms with Gasteiger partial charge in [-0.15, -0.1) is 12.4 Å². The summed E-state index contributed by atoms with van der Waals surface area (Å²) in [6, 6.07) is 3.30. The number of carbonyl (C=O) groups is 1. The smallest absolute Gasteiger partial charge is 0.255 e. The molecule has 118 valence electrons. The topological polar surface area (TPSA) is 64.3 Å². The number of hydrogen-bond donors (Lipinski definition) is 2. The minimum absolute atomic E-state index is 0. The number of rotatable bonds is 4. The number of amides is 1. The Hall–Kier alpha value is -1.13. The Bertz CT molecular complexity index is 503. The lowest BCUT2D eigenvalue weighted by molar-refractivity contribution is 0.0924. The predicted octanol–water partition coefficient (Wildman–Crippen LogP) is 3.66. The first-order valence-electron chi connectivity index (χ1n) is 6.96. The summed E-state index contributed by atoms with van der Waals surface area (Å²) in [6.07, 6.45) is 4.87. The van der Waals surface area contributed by atoms with Gasteiger partial charge in [0.2, 0.25) is 0 Å². The van der Waals surface area contributed by atoms with Crippen LogP contribution in [0.3, 0.4) is 0 Å². The molecule has 0 heterocycles. The summed E-state index contributed by atoms with van der Waals surface area (Å²) >= 11 is 5.99. The average Bonchev–Trinajstić information content (AvgIpc) is 2.95. The zero-order valence-electron chi connectivity index (χ0n) is 12.3. The number of anilines is 1. The molecule has 0 bridgehead atoms. The Morgan fingerprint density at radius 2 is 2.05 bits per heavy atom. The lowest BCUT2D eigenvalue weighted by Crippen LogP contribution is -2.37. The number of benzene rings is 1. The van der Waals surface area contributed by atoms with E-state index < -0.39 is 0 Å². The Morgan fingerprint density at radius 1 is 1.43 bits per heavy atom. The highest BCUT2D eigenvalue weighted by Crippen LogP contribution is 2.30. The summed E-state index contributed by atoms with van der Waals surface area (Å²) in [7, 11) is 1.51. The van der Waals surface area contributed by atoms with Crippen LogP contribution in [-0.2, 0) is 0 Å². The fourth-order valence-corrected chi connectivity index (χ4v) is 2.94. The molecule has 4 nitrogen and oxygen atoms in total. The molecular weight excluding hydrogens is 311 g/mol. The van der Waals surface area contributed by atoms with Gasteiger partial charge in [0.1, 0.15) is 5.75 Å². The zero-order valence-corrected chi connectivity index (χ0v) is 13.9. The van der Waals surface area contributed by atoms with E-state index in [2.05, 4.69) is 12.2 Å². The summed E-state index contributed by atoms with van der Waals surface area (Å²) in [5.41, 5.74) is 6.56. The van der Waals surface area contributed by atoms with Gasteiger partial charge in [0.25, 0.3) is 5.91 Å². The van der Waals surface area contributed by atoms with Crippen molar-refractivity contribution in [2.45, 2.75) is 38.6 Å². The third-order valence-corrected chi connectivity index (χ3v) is 4.36. The van der Waals surface area contributed by atoms with Gasteiger partial charge in [-0.3, -0.25) is 4.79 Å². The Morgan fingerprint density at radius 3 is 2.62 bits per heavy atom. The second-order valence-corrected chi connectivity index (χ2v) is 5.79. The van der Waals surface area contributed by atoms with E-state index in [4.69, 9.17) is 22.1 Å². The molecule has 0 radical (unpaired) electrons. The number of carbonyl (C=O) groups excluding carboxylic acids is 1. The maximum absolute atomic E-state index is 12.4. The molecule has 1 aliphatic carbocycles. The highest BCUT2D eigenvalue weighted by Gasteiger charge is 2.24. The van der Waals surface area contributed by atoms with Crippen LogP contribution < -0.4 is 15.8 Å². The molecule has 2 rings (SSSR count). The summed E-state index contributed by atoms with van der Waals surface area (Å²) in [4.78, 5) is 12.4. The minimum Gasteiger partial charge on any atom is -0.496 e. The van der Waals surface area contributed by atoms with Gasteiger partial charge in [0.15, 0.2) is 0 Å². The van der Waals surface area contributed by atoms with Gasteiger partial charge in [-0.2, -0.15) is 0 Å². The van der Waals surface area contributed by atoms with Crippen molar-refractivity contribution < 1.29 is 9.53 Å². The molecule has 1 saturated carbocycles. The van der Waals surface area contributed by atoms with Crippen molar-refractivity contribution in [1.82, 2.24) is 5.32 Å². The summed E-state index contributed by atoms with van der Waals surface area (Å²) in [5, 5.41) is 3.41. The van der Waals surface area contributed by atoms with Gasteiger partial charge in [0.05, 0.1) is 23.4 Å². The van der Waals surface area contributed by atoms with E-state index in [-0.39, 0.29) is 24.4 Å². The lowest BCUT2D eigenvalue weighted by Gasteiger charge is -2.21. The first-order chi connectivity index (χ1) is 9.52. The molecular formula is C15H22Cl2N2O2. The van der Waals surface area contributed by atoms with E-state index in [9.17, 15) is 4.79 Å². The maximum Gasteiger partial charge on any atom is 0.255 e. The van der Waals surface area contributed by atoms with Crippen LogP contribution in [0.4, 0.5) is 5.69 Å². The van der Waals surface area contributed by atoms with E-state index in [0.29, 0.717) is 27.9 Å². The summed E-state index contributed by atoms with van der Waals surface area (Å²) in [5.74, 6) is 0.848. The van der Waals surface area contributed by atoms with E-state index in [0.717, 1.165) is 0 Å². The van der Waals surface area contributed by atoms with Crippen LogP contribution in [0.1, 0.15) is 43.0 Å². The predicted molar refractivity (Wildman–Crippen MR) is 88.6 cm³/mol. The van der Waals surface area contributed by atoms with Crippen LogP contribution in [-0.4, -0.2) is 19.1 Å². The number of halogens is 2. The van der Waals surface area contributed by atoms with Crippen molar-refractivity contribution in [2.75, 3.05) is 12.8 Å². The van der Waals surface area contributed by atoms with Gasteiger partial charge in [-0.05, 0) is 31.7 Å². The number of methoxy groups -OCH3 is 1. The standard InChI is InChI=1S/C15H21ClN2O2.ClH/c1-9(10-5-3-4-6-10)18-15(19)11-7-12(16)13(17)8-14(11)20-2;/h7-10H,3-6,17H2,1-2H3,(H,18,19);1H. The quantitative estimate of drug-likeness (QED) is 0.827. The second kappa shape index (κ2) is 7.76. The van der Waals surface area contributed by atoms with Crippen LogP contribution in [0.5, 0.6) is 5.75 Å². The van der Waals surface area contributed by atoms with Crippen molar-refractivity contribution in [2.24, 2.45) is 5.92 Å². The van der Waals surface area contributed by atoms with Gasteiger partial charge >= 0.3 is 0 Å². The molecule has 1 aromatic carbocycles. The minimum atomic E-state index is -0.164. The molecule has 1 fully saturated rings. The van der Waals surface area contributed by atoms with Gasteiger partial charge in [-0.1, -0.05) is 24.4 Å². The number of ether oxygens (including phenoxy) is 1. The SMILES string of the molecule is COc1cc(N)c(Cl)cc1C(=O)NC(C)C1CCCC1.Cl. The molecule has 0 spiro atoms. The van der Waals surface area contributed by atoms with Crippen molar-refractivity contribution >= 4 is 35.6 Å². The third-order valence-electron chi connectivity index (χ3n) is 4.03. The number of nitrogens with one attached hydrogen (secondary N) is 1. The normalized spacial score (nSPS) is 16.1. The van der Waals surface area contributed by atoms with Crippen LogP contribution >= 0.6 is 24.0 Å². The Kier molecular flexibility index (Phi) is 6.62. The van der Waals surface area contributed by atoms with Crippen molar-refractivity contribution in [3.8, 4) is 5.75 Å². The van der Waals surface area contributed by atoms with Gasteiger partial charge < -0.3 is 15.8 Å². The molecule has 1 unspecified atom stereocenters. The van der Waals surface area contributed by atoms with E-state index in [1.807, 2.05) is 0 Å². The average molecular weight is 333 g/mol. The van der Waals surface area contributed by atoms with Crippen LogP contribution in [0.15, 0.2) is 12.1 Å². The van der Waals surface area contributed by atoms with Crippen LogP contribution in [0.25, 0.3) is 0 Å². The zero-order chi connectivity index (χ0) is 14.7. The van der Waals surface area contributed by atoms with Crippen molar-refractivity contribution in [3.63, 3.8) is 0 Å². The number of hydrogen-bond acceptors (Lipinski definition) is 3. The van der Waals surface area contributed by atoms with E-state index >= 15 is 0 Å². The molecule has 1 aliphatic rings.